The van der Waals surface area contributed by atoms with Crippen LogP contribution < -0.4 is 5.32 Å². The summed E-state index contributed by atoms with van der Waals surface area (Å²) in [4.78, 5) is 2.57. The molecule has 0 spiro atoms. The summed E-state index contributed by atoms with van der Waals surface area (Å²) in [5, 5.41) is 12.9. The molecule has 0 aliphatic heterocycles. The molecule has 1 aliphatic rings. The minimum absolute atomic E-state index is 0.128. The lowest BCUT2D eigenvalue weighted by Crippen LogP contribution is -2.50. The van der Waals surface area contributed by atoms with Crippen LogP contribution in [0.3, 0.4) is 0 Å². The van der Waals surface area contributed by atoms with Gasteiger partial charge < -0.3 is 10.4 Å². The summed E-state index contributed by atoms with van der Waals surface area (Å²) in [6.07, 6.45) is 3.73. The van der Waals surface area contributed by atoms with E-state index in [-0.39, 0.29) is 12.1 Å². The number of rotatable bonds is 8. The molecule has 0 aromatic heterocycles. The normalized spacial score (nSPS) is 22.1. The molecule has 2 unspecified atom stereocenters. The van der Waals surface area contributed by atoms with Crippen molar-refractivity contribution in [3.8, 4) is 0 Å². The molecule has 16 heavy (non-hydrogen) atoms. The molecule has 0 amide bonds. The first kappa shape index (κ1) is 13.9. The van der Waals surface area contributed by atoms with Crippen LogP contribution in [0.1, 0.15) is 47.0 Å². The van der Waals surface area contributed by atoms with Gasteiger partial charge in [0.05, 0.1) is 6.61 Å². The van der Waals surface area contributed by atoms with E-state index in [0.717, 1.165) is 25.6 Å². The second-order valence-electron chi connectivity index (χ2n) is 5.36. The van der Waals surface area contributed by atoms with Crippen LogP contribution >= 0.6 is 0 Å². The molecule has 96 valence electrons. The molecule has 3 nitrogen and oxygen atoms in total. The van der Waals surface area contributed by atoms with Gasteiger partial charge in [-0.3, -0.25) is 4.90 Å². The number of likely N-dealkylation sites (N-methyl/N-ethyl adjacent to an activating group) is 1. The Morgan fingerprint density at radius 1 is 1.44 bits per heavy atom. The van der Waals surface area contributed by atoms with Crippen LogP contribution in [0, 0.1) is 0 Å². The highest BCUT2D eigenvalue weighted by atomic mass is 16.3. The van der Waals surface area contributed by atoms with E-state index in [1.54, 1.807) is 0 Å². The topological polar surface area (TPSA) is 35.5 Å². The standard InChI is InChI=1S/C13H28N2O/c1-5-14-13(4,10-16)9-11(3)15(6-2)12-7-8-12/h11-12,14,16H,5-10H2,1-4H3. The predicted octanol–water partition coefficient (Wildman–Crippen LogP) is 1.61. The van der Waals surface area contributed by atoms with Crippen molar-refractivity contribution in [2.75, 3.05) is 19.7 Å². The number of hydrogen-bond acceptors (Lipinski definition) is 3. The SMILES string of the molecule is CCNC(C)(CO)CC(C)N(CC)C1CC1. The van der Waals surface area contributed by atoms with Gasteiger partial charge in [0, 0.05) is 17.6 Å². The second kappa shape index (κ2) is 5.99. The number of aliphatic hydroxyl groups excluding tert-OH is 1. The van der Waals surface area contributed by atoms with E-state index in [4.69, 9.17) is 0 Å². The first-order chi connectivity index (χ1) is 7.56. The lowest BCUT2D eigenvalue weighted by atomic mass is 9.93. The zero-order chi connectivity index (χ0) is 12.2. The lowest BCUT2D eigenvalue weighted by Gasteiger charge is -2.36. The summed E-state index contributed by atoms with van der Waals surface area (Å²) < 4.78 is 0. The van der Waals surface area contributed by atoms with Gasteiger partial charge >= 0.3 is 0 Å². The summed E-state index contributed by atoms with van der Waals surface area (Å²) in [5.41, 5.74) is -0.128. The number of aliphatic hydroxyl groups is 1. The van der Waals surface area contributed by atoms with Gasteiger partial charge in [-0.25, -0.2) is 0 Å². The van der Waals surface area contributed by atoms with Crippen molar-refractivity contribution in [1.29, 1.82) is 0 Å². The van der Waals surface area contributed by atoms with Gasteiger partial charge in [0.1, 0.15) is 0 Å². The lowest BCUT2D eigenvalue weighted by molar-refractivity contribution is 0.114. The molecule has 0 heterocycles. The zero-order valence-corrected chi connectivity index (χ0v) is 11.3. The molecule has 1 saturated carbocycles. The van der Waals surface area contributed by atoms with Gasteiger partial charge in [-0.05, 0) is 46.2 Å². The minimum Gasteiger partial charge on any atom is -0.394 e. The fourth-order valence-electron chi connectivity index (χ4n) is 2.72. The van der Waals surface area contributed by atoms with E-state index in [2.05, 4.69) is 37.9 Å². The molecule has 1 aliphatic carbocycles. The van der Waals surface area contributed by atoms with Crippen molar-refractivity contribution < 1.29 is 5.11 Å². The van der Waals surface area contributed by atoms with Gasteiger partial charge in [-0.15, -0.1) is 0 Å². The molecule has 3 heteroatoms. The van der Waals surface area contributed by atoms with Crippen LogP contribution in [0.5, 0.6) is 0 Å². The fourth-order valence-corrected chi connectivity index (χ4v) is 2.72. The van der Waals surface area contributed by atoms with Crippen LogP contribution in [-0.2, 0) is 0 Å². The van der Waals surface area contributed by atoms with Crippen LogP contribution in [0.25, 0.3) is 0 Å². The van der Waals surface area contributed by atoms with Crippen molar-refractivity contribution in [3.63, 3.8) is 0 Å². The smallest absolute Gasteiger partial charge is 0.0611 e. The number of nitrogens with one attached hydrogen (secondary N) is 1. The van der Waals surface area contributed by atoms with Gasteiger partial charge in [-0.2, -0.15) is 0 Å². The quantitative estimate of drug-likeness (QED) is 0.662. The molecule has 0 aromatic rings. The monoisotopic (exact) mass is 228 g/mol. The molecule has 0 bridgehead atoms. The Labute approximate surface area is 100 Å². The largest absolute Gasteiger partial charge is 0.394 e. The van der Waals surface area contributed by atoms with Crippen molar-refractivity contribution in [1.82, 2.24) is 10.2 Å². The highest BCUT2D eigenvalue weighted by Crippen LogP contribution is 2.30. The summed E-state index contributed by atoms with van der Waals surface area (Å²) in [7, 11) is 0. The zero-order valence-electron chi connectivity index (χ0n) is 11.3. The molecule has 0 aromatic carbocycles. The highest BCUT2D eigenvalue weighted by molar-refractivity contribution is 4.92. The molecule has 0 saturated heterocycles. The number of hydrogen-bond donors (Lipinski definition) is 2. The van der Waals surface area contributed by atoms with E-state index in [1.807, 2.05) is 0 Å². The summed E-state index contributed by atoms with van der Waals surface area (Å²) in [6.45, 7) is 11.0. The van der Waals surface area contributed by atoms with Crippen molar-refractivity contribution >= 4 is 0 Å². The predicted molar refractivity (Wildman–Crippen MR) is 68.6 cm³/mol. The second-order valence-corrected chi connectivity index (χ2v) is 5.36. The maximum absolute atomic E-state index is 9.49. The van der Waals surface area contributed by atoms with E-state index >= 15 is 0 Å². The third-order valence-electron chi connectivity index (χ3n) is 3.65. The van der Waals surface area contributed by atoms with Crippen LogP contribution in [0.15, 0.2) is 0 Å². The van der Waals surface area contributed by atoms with Gasteiger partial charge in [0.25, 0.3) is 0 Å². The van der Waals surface area contributed by atoms with E-state index in [1.165, 1.54) is 12.8 Å². The van der Waals surface area contributed by atoms with Gasteiger partial charge in [0.2, 0.25) is 0 Å². The van der Waals surface area contributed by atoms with E-state index in [9.17, 15) is 5.11 Å². The van der Waals surface area contributed by atoms with E-state index in [0.29, 0.717) is 6.04 Å². The Kier molecular flexibility index (Phi) is 5.22. The van der Waals surface area contributed by atoms with Gasteiger partial charge in [0.15, 0.2) is 0 Å². The van der Waals surface area contributed by atoms with Crippen molar-refractivity contribution in [3.05, 3.63) is 0 Å². The van der Waals surface area contributed by atoms with E-state index < -0.39 is 0 Å². The molecular weight excluding hydrogens is 200 g/mol. The molecular formula is C13H28N2O. The summed E-state index contributed by atoms with van der Waals surface area (Å²) in [6, 6.07) is 1.36. The Morgan fingerprint density at radius 3 is 2.44 bits per heavy atom. The summed E-state index contributed by atoms with van der Waals surface area (Å²) in [5.74, 6) is 0. The average Bonchev–Trinajstić information content (AvgIpc) is 3.03. The van der Waals surface area contributed by atoms with Crippen LogP contribution in [0.2, 0.25) is 0 Å². The molecule has 1 fully saturated rings. The number of nitrogens with zero attached hydrogens (tertiary/aromatic N) is 1. The van der Waals surface area contributed by atoms with Gasteiger partial charge in [-0.1, -0.05) is 13.8 Å². The first-order valence-corrected chi connectivity index (χ1v) is 6.68. The Balaban J connectivity index is 2.48. The fraction of sp³-hybridized carbons (Fsp3) is 1.00. The average molecular weight is 228 g/mol. The van der Waals surface area contributed by atoms with Crippen LogP contribution in [0.4, 0.5) is 0 Å². The third-order valence-corrected chi connectivity index (χ3v) is 3.65. The highest BCUT2D eigenvalue weighted by Gasteiger charge is 2.34. The Bertz CT molecular complexity index is 206. The maximum Gasteiger partial charge on any atom is 0.0611 e. The summed E-state index contributed by atoms with van der Waals surface area (Å²) >= 11 is 0. The Morgan fingerprint density at radius 2 is 2.06 bits per heavy atom. The maximum atomic E-state index is 9.49. The van der Waals surface area contributed by atoms with Crippen molar-refractivity contribution in [2.45, 2.75) is 64.6 Å². The van der Waals surface area contributed by atoms with Crippen LogP contribution in [-0.4, -0.2) is 47.3 Å². The first-order valence-electron chi connectivity index (χ1n) is 6.68. The molecule has 0 radical (unpaired) electrons. The molecule has 2 atom stereocenters. The Hall–Kier alpha value is -0.120. The third kappa shape index (κ3) is 3.72. The van der Waals surface area contributed by atoms with Crippen molar-refractivity contribution in [2.24, 2.45) is 0 Å². The molecule has 2 N–H and O–H groups in total. The minimum atomic E-state index is -0.128. The molecule has 1 rings (SSSR count).